The maximum Gasteiger partial charge on any atom is 0.346 e. The van der Waals surface area contributed by atoms with Crippen LogP contribution in [0.4, 0.5) is 4.79 Å². The van der Waals surface area contributed by atoms with Gasteiger partial charge in [0, 0.05) is 25.7 Å². The molecule has 0 N–H and O–H groups in total. The molecule has 0 unspecified atom stereocenters. The topological polar surface area (TPSA) is 63.5 Å². The van der Waals surface area contributed by atoms with Crippen molar-refractivity contribution in [3.05, 3.63) is 12.7 Å². The van der Waals surface area contributed by atoms with Crippen molar-refractivity contribution in [3.8, 4) is 0 Å². The predicted molar refractivity (Wildman–Crippen MR) is 67.8 cm³/mol. The van der Waals surface area contributed by atoms with Gasteiger partial charge in [0.05, 0.1) is 13.2 Å². The first-order valence-electron chi connectivity index (χ1n) is 6.62. The van der Waals surface area contributed by atoms with E-state index in [1.807, 2.05) is 0 Å². The first kappa shape index (κ1) is 12.6. The van der Waals surface area contributed by atoms with Crippen molar-refractivity contribution in [1.82, 2.24) is 24.6 Å². The molecule has 1 aromatic rings. The Hall–Kier alpha value is -1.47. The molecule has 0 saturated carbocycles. The fourth-order valence-corrected chi connectivity index (χ4v) is 2.71. The first-order valence-corrected chi connectivity index (χ1v) is 6.62. The summed E-state index contributed by atoms with van der Waals surface area (Å²) in [5, 5.41) is 3.89. The Morgan fingerprint density at radius 1 is 1.37 bits per heavy atom. The Morgan fingerprint density at radius 2 is 2.16 bits per heavy atom. The van der Waals surface area contributed by atoms with E-state index in [0.717, 1.165) is 13.1 Å². The van der Waals surface area contributed by atoms with Crippen LogP contribution in [0, 0.1) is 0 Å². The highest BCUT2D eigenvalue weighted by atomic mass is 16.5. The Balaban J connectivity index is 1.65. The number of ether oxygens (including phenoxy) is 1. The van der Waals surface area contributed by atoms with E-state index in [1.54, 1.807) is 4.90 Å². The van der Waals surface area contributed by atoms with Crippen molar-refractivity contribution >= 4 is 6.03 Å². The van der Waals surface area contributed by atoms with Gasteiger partial charge in [0.25, 0.3) is 0 Å². The lowest BCUT2D eigenvalue weighted by atomic mass is 9.90. The molecule has 3 rings (SSSR count). The van der Waals surface area contributed by atoms with Gasteiger partial charge in [0.15, 0.2) is 0 Å². The van der Waals surface area contributed by atoms with E-state index in [1.165, 1.54) is 17.3 Å². The van der Waals surface area contributed by atoms with Crippen molar-refractivity contribution in [2.75, 3.05) is 32.8 Å². The summed E-state index contributed by atoms with van der Waals surface area (Å²) in [4.78, 5) is 20.2. The van der Waals surface area contributed by atoms with Gasteiger partial charge < -0.3 is 9.64 Å². The average molecular weight is 265 g/mol. The zero-order valence-electron chi connectivity index (χ0n) is 11.3. The fourth-order valence-electron chi connectivity index (χ4n) is 2.71. The van der Waals surface area contributed by atoms with E-state index < -0.39 is 0 Å². The standard InChI is InChI=1S/C12H19N5O2/c1-10(2)16-6-12(7-16)5-15(3-4-19-12)11(18)17-9-13-8-14-17/h8-10H,3-7H2,1-2H3. The van der Waals surface area contributed by atoms with E-state index in [9.17, 15) is 4.79 Å². The van der Waals surface area contributed by atoms with Crippen molar-refractivity contribution in [1.29, 1.82) is 0 Å². The predicted octanol–water partition coefficient (Wildman–Crippen LogP) is 0.0412. The summed E-state index contributed by atoms with van der Waals surface area (Å²) in [7, 11) is 0. The van der Waals surface area contributed by atoms with Gasteiger partial charge in [-0.25, -0.2) is 9.78 Å². The number of carbonyl (C=O) groups is 1. The van der Waals surface area contributed by atoms with Crippen LogP contribution in [0.3, 0.4) is 0 Å². The molecule has 19 heavy (non-hydrogen) atoms. The van der Waals surface area contributed by atoms with Crippen molar-refractivity contribution in [3.63, 3.8) is 0 Å². The van der Waals surface area contributed by atoms with Crippen LogP contribution >= 0.6 is 0 Å². The smallest absolute Gasteiger partial charge is 0.346 e. The van der Waals surface area contributed by atoms with Crippen molar-refractivity contribution in [2.24, 2.45) is 0 Å². The van der Waals surface area contributed by atoms with E-state index in [4.69, 9.17) is 4.74 Å². The van der Waals surface area contributed by atoms with Crippen LogP contribution in [0.2, 0.25) is 0 Å². The SMILES string of the molecule is CC(C)N1CC2(CN(C(=O)n3cncn3)CCO2)C1. The third kappa shape index (κ3) is 2.23. The highest BCUT2D eigenvalue weighted by molar-refractivity contribution is 5.75. The van der Waals surface area contributed by atoms with Crippen LogP contribution < -0.4 is 0 Å². The third-order valence-corrected chi connectivity index (χ3v) is 3.85. The summed E-state index contributed by atoms with van der Waals surface area (Å²) in [6, 6.07) is 0.402. The minimum Gasteiger partial charge on any atom is -0.369 e. The molecule has 0 radical (unpaired) electrons. The van der Waals surface area contributed by atoms with Crippen LogP contribution in [-0.4, -0.2) is 75.0 Å². The van der Waals surface area contributed by atoms with E-state index in [0.29, 0.717) is 25.7 Å². The molecular weight excluding hydrogens is 246 g/mol. The number of hydrogen-bond acceptors (Lipinski definition) is 5. The second-order valence-electron chi connectivity index (χ2n) is 5.57. The summed E-state index contributed by atoms with van der Waals surface area (Å²) in [5.74, 6) is 0. The number of aromatic nitrogens is 3. The van der Waals surface area contributed by atoms with E-state index >= 15 is 0 Å². The van der Waals surface area contributed by atoms with Gasteiger partial charge >= 0.3 is 6.03 Å². The summed E-state index contributed by atoms with van der Waals surface area (Å²) in [6.45, 7) is 7.98. The Kier molecular flexibility index (Phi) is 3.02. The van der Waals surface area contributed by atoms with Crippen molar-refractivity contribution < 1.29 is 9.53 Å². The maximum absolute atomic E-state index is 12.2. The van der Waals surface area contributed by atoms with E-state index in [-0.39, 0.29) is 11.6 Å². The van der Waals surface area contributed by atoms with Gasteiger partial charge in [-0.1, -0.05) is 0 Å². The number of morpholine rings is 1. The molecule has 7 heteroatoms. The average Bonchev–Trinajstić information content (AvgIpc) is 2.88. The Bertz CT molecular complexity index is 453. The number of nitrogens with zero attached hydrogens (tertiary/aromatic N) is 5. The molecule has 0 atom stereocenters. The molecule has 0 aromatic carbocycles. The molecule has 104 valence electrons. The lowest BCUT2D eigenvalue weighted by molar-refractivity contribution is -0.183. The molecule has 2 aliphatic heterocycles. The molecular formula is C12H19N5O2. The lowest BCUT2D eigenvalue weighted by Gasteiger charge is -2.55. The first-order chi connectivity index (χ1) is 9.10. The van der Waals surface area contributed by atoms with Crippen LogP contribution in [0.5, 0.6) is 0 Å². The molecule has 2 saturated heterocycles. The minimum absolute atomic E-state index is 0.122. The molecule has 2 aliphatic rings. The molecule has 7 nitrogen and oxygen atoms in total. The number of rotatable bonds is 1. The second kappa shape index (κ2) is 4.57. The number of likely N-dealkylation sites (tertiary alicyclic amines) is 1. The Labute approximate surface area is 112 Å². The van der Waals surface area contributed by atoms with Crippen LogP contribution in [0.25, 0.3) is 0 Å². The van der Waals surface area contributed by atoms with Gasteiger partial charge in [-0.15, -0.1) is 0 Å². The quantitative estimate of drug-likeness (QED) is 0.717. The lowest BCUT2D eigenvalue weighted by Crippen LogP contribution is -2.71. The van der Waals surface area contributed by atoms with Crippen LogP contribution in [-0.2, 0) is 4.74 Å². The van der Waals surface area contributed by atoms with Crippen LogP contribution in [0.1, 0.15) is 13.8 Å². The monoisotopic (exact) mass is 265 g/mol. The maximum atomic E-state index is 12.2. The van der Waals surface area contributed by atoms with Gasteiger partial charge in [0.2, 0.25) is 0 Å². The van der Waals surface area contributed by atoms with Gasteiger partial charge in [-0.3, -0.25) is 4.90 Å². The zero-order valence-corrected chi connectivity index (χ0v) is 11.3. The van der Waals surface area contributed by atoms with Crippen molar-refractivity contribution in [2.45, 2.75) is 25.5 Å². The minimum atomic E-state index is -0.182. The molecule has 0 aliphatic carbocycles. The molecule has 3 heterocycles. The molecule has 0 bridgehead atoms. The number of carbonyl (C=O) groups excluding carboxylic acids is 1. The highest BCUT2D eigenvalue weighted by Crippen LogP contribution is 2.30. The normalized spacial score (nSPS) is 22.8. The number of hydrogen-bond donors (Lipinski definition) is 0. The van der Waals surface area contributed by atoms with Gasteiger partial charge in [-0.2, -0.15) is 9.78 Å². The number of amides is 1. The largest absolute Gasteiger partial charge is 0.369 e. The molecule has 2 fully saturated rings. The summed E-state index contributed by atoms with van der Waals surface area (Å²) < 4.78 is 7.17. The Morgan fingerprint density at radius 3 is 2.79 bits per heavy atom. The molecule has 1 aromatic heterocycles. The summed E-state index contributed by atoms with van der Waals surface area (Å²) >= 11 is 0. The summed E-state index contributed by atoms with van der Waals surface area (Å²) in [5.41, 5.74) is -0.182. The van der Waals surface area contributed by atoms with Gasteiger partial charge in [-0.05, 0) is 13.8 Å². The summed E-state index contributed by atoms with van der Waals surface area (Å²) in [6.07, 6.45) is 2.81. The third-order valence-electron chi connectivity index (χ3n) is 3.85. The van der Waals surface area contributed by atoms with Gasteiger partial charge in [0.1, 0.15) is 18.3 Å². The van der Waals surface area contributed by atoms with Crippen LogP contribution in [0.15, 0.2) is 12.7 Å². The van der Waals surface area contributed by atoms with E-state index in [2.05, 4.69) is 28.8 Å². The molecule has 1 amide bonds. The molecule has 1 spiro atoms. The zero-order chi connectivity index (χ0) is 13.5. The fraction of sp³-hybridized carbons (Fsp3) is 0.750. The second-order valence-corrected chi connectivity index (χ2v) is 5.57. The highest BCUT2D eigenvalue weighted by Gasteiger charge is 2.48.